The normalized spacial score (nSPS) is 16.9. The van der Waals surface area contributed by atoms with Gasteiger partial charge in [-0.15, -0.1) is 0 Å². The number of imide groups is 1. The Morgan fingerprint density at radius 2 is 1.26 bits per heavy atom. The van der Waals surface area contributed by atoms with Gasteiger partial charge in [-0.3, -0.25) is 9.59 Å². The van der Waals surface area contributed by atoms with Gasteiger partial charge in [-0.05, 0) is 74.6 Å². The molecule has 0 bridgehead atoms. The number of rotatable bonds is 5. The van der Waals surface area contributed by atoms with E-state index in [2.05, 4.69) is 29.3 Å². The lowest BCUT2D eigenvalue weighted by Crippen LogP contribution is -2.32. The third kappa shape index (κ3) is 4.59. The van der Waals surface area contributed by atoms with Gasteiger partial charge < -0.3 is 10.2 Å². The van der Waals surface area contributed by atoms with Gasteiger partial charge in [0.15, 0.2) is 0 Å². The highest BCUT2D eigenvalue weighted by Crippen LogP contribution is 2.34. The number of benzene rings is 3. The minimum absolute atomic E-state index is 0.305. The predicted molar refractivity (Wildman–Crippen MR) is 142 cm³/mol. The molecule has 0 aliphatic carbocycles. The molecule has 2 heterocycles. The fourth-order valence-electron chi connectivity index (χ4n) is 4.73. The van der Waals surface area contributed by atoms with Crippen LogP contribution in [-0.4, -0.2) is 24.9 Å². The molecular weight excluding hydrogens is 434 g/mol. The monoisotopic (exact) mass is 465 g/mol. The van der Waals surface area contributed by atoms with Crippen LogP contribution in [-0.2, 0) is 9.59 Å². The zero-order valence-electron chi connectivity index (χ0n) is 20.5. The van der Waals surface area contributed by atoms with Crippen molar-refractivity contribution in [1.29, 1.82) is 0 Å². The van der Waals surface area contributed by atoms with E-state index >= 15 is 0 Å². The van der Waals surface area contributed by atoms with Crippen molar-refractivity contribution in [2.45, 2.75) is 33.6 Å². The summed E-state index contributed by atoms with van der Waals surface area (Å²) in [7, 11) is 0. The predicted octanol–water partition coefficient (Wildman–Crippen LogP) is 5.94. The molecule has 0 atom stereocenters. The average molecular weight is 466 g/mol. The van der Waals surface area contributed by atoms with E-state index in [1.165, 1.54) is 23.4 Å². The highest BCUT2D eigenvalue weighted by atomic mass is 16.2. The van der Waals surface area contributed by atoms with Crippen molar-refractivity contribution in [3.05, 3.63) is 95.2 Å². The molecule has 2 amide bonds. The topological polar surface area (TPSA) is 52.7 Å². The van der Waals surface area contributed by atoms with Gasteiger partial charge in [-0.2, -0.15) is 0 Å². The third-order valence-electron chi connectivity index (χ3n) is 7.00. The molecule has 1 N–H and O–H groups in total. The molecule has 5 rings (SSSR count). The lowest BCUT2D eigenvalue weighted by molar-refractivity contribution is -0.120. The van der Waals surface area contributed by atoms with E-state index < -0.39 is 0 Å². The maximum Gasteiger partial charge on any atom is 0.282 e. The zero-order chi connectivity index (χ0) is 24.5. The SMILES string of the molecule is Cc1ccc(C2=C(Nc3ccc(N4CCC(C)CC4)cc3)C(=O)N(c3ccc(C)cc3)C2=O)cc1. The first kappa shape index (κ1) is 22.9. The Balaban J connectivity index is 1.47. The second-order valence-corrected chi connectivity index (χ2v) is 9.74. The van der Waals surface area contributed by atoms with Crippen molar-refractivity contribution in [1.82, 2.24) is 0 Å². The summed E-state index contributed by atoms with van der Waals surface area (Å²) in [6.07, 6.45) is 2.41. The van der Waals surface area contributed by atoms with Crippen molar-refractivity contribution in [2.75, 3.05) is 28.2 Å². The smallest absolute Gasteiger partial charge is 0.282 e. The van der Waals surface area contributed by atoms with Gasteiger partial charge in [0, 0.05) is 24.5 Å². The first-order valence-corrected chi connectivity index (χ1v) is 12.3. The zero-order valence-corrected chi connectivity index (χ0v) is 20.5. The van der Waals surface area contributed by atoms with Crippen LogP contribution >= 0.6 is 0 Å². The van der Waals surface area contributed by atoms with Crippen molar-refractivity contribution >= 4 is 34.4 Å². The summed E-state index contributed by atoms with van der Waals surface area (Å²) < 4.78 is 0. The standard InChI is InChI=1S/C30H31N3O2/c1-20-4-8-23(9-5-20)27-28(30(35)33(29(27)34)26-12-6-21(2)7-13-26)31-24-10-14-25(15-11-24)32-18-16-22(3)17-19-32/h4-15,22,31H,16-19H2,1-3H3. The number of hydrogen-bond donors (Lipinski definition) is 1. The van der Waals surface area contributed by atoms with Gasteiger partial charge in [0.1, 0.15) is 5.70 Å². The molecule has 0 spiro atoms. The highest BCUT2D eigenvalue weighted by molar-refractivity contribution is 6.46. The van der Waals surface area contributed by atoms with Crippen LogP contribution in [0, 0.1) is 19.8 Å². The average Bonchev–Trinajstić information content (AvgIpc) is 3.10. The molecule has 0 radical (unpaired) electrons. The fraction of sp³-hybridized carbons (Fsp3) is 0.267. The van der Waals surface area contributed by atoms with E-state index in [9.17, 15) is 9.59 Å². The summed E-state index contributed by atoms with van der Waals surface area (Å²) in [5.74, 6) is 0.120. The maximum absolute atomic E-state index is 13.6. The van der Waals surface area contributed by atoms with Gasteiger partial charge in [0.05, 0.1) is 11.3 Å². The molecular formula is C30H31N3O2. The Morgan fingerprint density at radius 1 is 0.714 bits per heavy atom. The highest BCUT2D eigenvalue weighted by Gasteiger charge is 2.40. The second-order valence-electron chi connectivity index (χ2n) is 9.74. The van der Waals surface area contributed by atoms with E-state index in [0.717, 1.165) is 41.4 Å². The minimum atomic E-state index is -0.344. The molecule has 0 unspecified atom stereocenters. The van der Waals surface area contributed by atoms with Gasteiger partial charge in [-0.1, -0.05) is 54.4 Å². The summed E-state index contributed by atoms with van der Waals surface area (Å²) in [6, 6.07) is 23.3. The summed E-state index contributed by atoms with van der Waals surface area (Å²) in [5.41, 5.74) is 6.13. The molecule has 5 heteroatoms. The van der Waals surface area contributed by atoms with E-state index in [1.807, 2.05) is 74.5 Å². The Hall–Kier alpha value is -3.86. The van der Waals surface area contributed by atoms with Crippen molar-refractivity contribution < 1.29 is 9.59 Å². The molecule has 5 nitrogen and oxygen atoms in total. The summed E-state index contributed by atoms with van der Waals surface area (Å²) in [4.78, 5) is 30.8. The van der Waals surface area contributed by atoms with Crippen LogP contribution < -0.4 is 15.1 Å². The van der Waals surface area contributed by atoms with Crippen molar-refractivity contribution in [3.63, 3.8) is 0 Å². The number of aryl methyl sites for hydroxylation is 2. The molecule has 178 valence electrons. The van der Waals surface area contributed by atoms with E-state index in [4.69, 9.17) is 0 Å². The van der Waals surface area contributed by atoms with Gasteiger partial charge in [0.25, 0.3) is 11.8 Å². The number of piperidine rings is 1. The second kappa shape index (κ2) is 9.41. The summed E-state index contributed by atoms with van der Waals surface area (Å²) in [6.45, 7) is 8.42. The van der Waals surface area contributed by atoms with Crippen LogP contribution in [0.2, 0.25) is 0 Å². The Bertz CT molecular complexity index is 1270. The molecule has 0 saturated carbocycles. The number of carbonyl (C=O) groups is 2. The molecule has 2 aliphatic heterocycles. The number of anilines is 3. The Kier molecular flexibility index (Phi) is 6.16. The number of amides is 2. The molecule has 1 saturated heterocycles. The summed E-state index contributed by atoms with van der Waals surface area (Å²) in [5, 5.41) is 3.28. The van der Waals surface area contributed by atoms with E-state index in [1.54, 1.807) is 0 Å². The molecule has 3 aromatic rings. The Labute approximate surface area is 207 Å². The molecule has 35 heavy (non-hydrogen) atoms. The van der Waals surface area contributed by atoms with Crippen LogP contribution in [0.1, 0.15) is 36.5 Å². The number of hydrogen-bond acceptors (Lipinski definition) is 4. The van der Waals surface area contributed by atoms with E-state index in [0.29, 0.717) is 17.0 Å². The fourth-order valence-corrected chi connectivity index (χ4v) is 4.73. The van der Waals surface area contributed by atoms with Gasteiger partial charge in [0.2, 0.25) is 0 Å². The molecule has 2 aliphatic rings. The first-order valence-electron chi connectivity index (χ1n) is 12.3. The van der Waals surface area contributed by atoms with Crippen LogP contribution in [0.3, 0.4) is 0 Å². The van der Waals surface area contributed by atoms with Crippen LogP contribution in [0.25, 0.3) is 5.57 Å². The van der Waals surface area contributed by atoms with Crippen molar-refractivity contribution in [2.24, 2.45) is 5.92 Å². The lowest BCUT2D eigenvalue weighted by Gasteiger charge is -2.32. The minimum Gasteiger partial charge on any atom is -0.372 e. The lowest BCUT2D eigenvalue weighted by atomic mass is 9.99. The van der Waals surface area contributed by atoms with Gasteiger partial charge in [-0.25, -0.2) is 4.90 Å². The number of carbonyl (C=O) groups excluding carboxylic acids is 2. The molecule has 1 fully saturated rings. The molecule has 3 aromatic carbocycles. The quantitative estimate of drug-likeness (QED) is 0.474. The number of nitrogens with one attached hydrogen (secondary N) is 1. The van der Waals surface area contributed by atoms with Gasteiger partial charge >= 0.3 is 0 Å². The van der Waals surface area contributed by atoms with Crippen LogP contribution in [0.4, 0.5) is 17.1 Å². The molecule has 0 aromatic heterocycles. The third-order valence-corrected chi connectivity index (χ3v) is 7.00. The van der Waals surface area contributed by atoms with Crippen LogP contribution in [0.15, 0.2) is 78.5 Å². The largest absolute Gasteiger partial charge is 0.372 e. The van der Waals surface area contributed by atoms with Crippen molar-refractivity contribution in [3.8, 4) is 0 Å². The number of nitrogens with zero attached hydrogens (tertiary/aromatic N) is 2. The van der Waals surface area contributed by atoms with E-state index in [-0.39, 0.29) is 11.8 Å². The maximum atomic E-state index is 13.6. The Morgan fingerprint density at radius 3 is 1.86 bits per heavy atom. The summed E-state index contributed by atoms with van der Waals surface area (Å²) >= 11 is 0. The first-order chi connectivity index (χ1) is 16.9. The van der Waals surface area contributed by atoms with Crippen LogP contribution in [0.5, 0.6) is 0 Å².